The molecule has 0 aromatic heterocycles. The van der Waals surface area contributed by atoms with Crippen molar-refractivity contribution in [3.63, 3.8) is 0 Å². The van der Waals surface area contributed by atoms with Crippen molar-refractivity contribution in [2.75, 3.05) is 6.61 Å². The molecule has 0 bridgehead atoms. The Balaban J connectivity index is 0.00000261. The highest BCUT2D eigenvalue weighted by Gasteiger charge is 2.45. The number of hydrogen-bond donors (Lipinski definition) is 0. The molecule has 0 amide bonds. The first-order chi connectivity index (χ1) is 12.3. The van der Waals surface area contributed by atoms with E-state index in [9.17, 15) is 22.0 Å². The molecule has 3 rings (SSSR count). The van der Waals surface area contributed by atoms with Crippen molar-refractivity contribution < 1.29 is 32.9 Å². The van der Waals surface area contributed by atoms with E-state index in [2.05, 4.69) is 11.7 Å². The molecule has 1 aliphatic carbocycles. The van der Waals surface area contributed by atoms with Gasteiger partial charge in [-0.1, -0.05) is 6.92 Å². The Morgan fingerprint density at radius 1 is 1.00 bits per heavy atom. The molecule has 2 nitrogen and oxygen atoms in total. The Morgan fingerprint density at radius 2 is 1.62 bits per heavy atom. The summed E-state index contributed by atoms with van der Waals surface area (Å²) >= 11 is 0. The van der Waals surface area contributed by atoms with Crippen molar-refractivity contribution in [1.82, 2.24) is 0 Å². The van der Waals surface area contributed by atoms with Crippen LogP contribution in [0.3, 0.4) is 0 Å². The molecule has 2 aliphatic rings. The highest BCUT2D eigenvalue weighted by Crippen LogP contribution is 2.42. The number of ether oxygens (including phenoxy) is 2. The Morgan fingerprint density at radius 3 is 2.15 bits per heavy atom. The second kappa shape index (κ2) is 7.71. The lowest BCUT2D eigenvalue weighted by Crippen LogP contribution is -2.40. The van der Waals surface area contributed by atoms with Crippen molar-refractivity contribution in [3.05, 3.63) is 29.6 Å². The number of rotatable bonds is 4. The third-order valence-electron chi connectivity index (χ3n) is 5.52. The second-order valence-corrected chi connectivity index (χ2v) is 7.53. The van der Waals surface area contributed by atoms with Crippen LogP contribution >= 0.6 is 0 Å². The first-order valence-corrected chi connectivity index (χ1v) is 9.09. The molecule has 1 aliphatic heterocycles. The maximum Gasteiger partial charge on any atom is 0.400 e. The average molecular weight is 380 g/mol. The van der Waals surface area contributed by atoms with Gasteiger partial charge in [0, 0.05) is 20.2 Å². The van der Waals surface area contributed by atoms with Gasteiger partial charge < -0.3 is 9.47 Å². The lowest BCUT2D eigenvalue weighted by Gasteiger charge is -2.38. The van der Waals surface area contributed by atoms with E-state index in [4.69, 9.17) is 4.74 Å². The quantitative estimate of drug-likeness (QED) is 0.475. The smallest absolute Gasteiger partial charge is 0.400 e. The molecule has 0 N–H and O–H groups in total. The number of alkyl halides is 2. The van der Waals surface area contributed by atoms with Crippen molar-refractivity contribution >= 4 is 0 Å². The van der Waals surface area contributed by atoms with E-state index in [1.807, 2.05) is 0 Å². The zero-order valence-electron chi connectivity index (χ0n) is 14.6. The Kier molecular flexibility index (Phi) is 5.75. The summed E-state index contributed by atoms with van der Waals surface area (Å²) in [4.78, 5) is 0. The fourth-order valence-corrected chi connectivity index (χ4v) is 3.93. The van der Waals surface area contributed by atoms with Gasteiger partial charge in [-0.15, -0.1) is 0 Å². The van der Waals surface area contributed by atoms with Crippen LogP contribution in [0.15, 0.2) is 12.1 Å². The minimum atomic E-state index is -3.57. The fraction of sp³-hybridized carbons (Fsp3) is 0.684. The summed E-state index contributed by atoms with van der Waals surface area (Å²) in [5, 5.41) is 0. The normalized spacial score (nSPS) is 30.2. The molecule has 0 radical (unpaired) electrons. The van der Waals surface area contributed by atoms with Gasteiger partial charge in [0.1, 0.15) is 5.75 Å². The van der Waals surface area contributed by atoms with Crippen LogP contribution in [0.4, 0.5) is 22.0 Å². The third-order valence-corrected chi connectivity index (χ3v) is 5.52. The number of hydrogen-bond acceptors (Lipinski definition) is 2. The second-order valence-electron chi connectivity index (χ2n) is 7.53. The predicted molar refractivity (Wildman–Crippen MR) is 87.6 cm³/mol. The van der Waals surface area contributed by atoms with Crippen LogP contribution in [-0.4, -0.2) is 18.8 Å². The molecular weight excluding hydrogens is 355 g/mol. The van der Waals surface area contributed by atoms with Crippen LogP contribution in [0.25, 0.3) is 0 Å². The topological polar surface area (TPSA) is 18.5 Å². The van der Waals surface area contributed by atoms with Gasteiger partial charge in [0.2, 0.25) is 0 Å². The van der Waals surface area contributed by atoms with Gasteiger partial charge in [-0.05, 0) is 50.4 Å². The van der Waals surface area contributed by atoms with Crippen LogP contribution in [0.1, 0.15) is 46.9 Å². The van der Waals surface area contributed by atoms with E-state index >= 15 is 0 Å². The van der Waals surface area contributed by atoms with Gasteiger partial charge in [0.05, 0.1) is 12.0 Å². The zero-order chi connectivity index (χ0) is 18.9. The largest absolute Gasteiger partial charge is 0.432 e. The lowest BCUT2D eigenvalue weighted by atomic mass is 9.77. The van der Waals surface area contributed by atoms with E-state index in [1.54, 1.807) is 0 Å². The van der Waals surface area contributed by atoms with E-state index in [-0.39, 0.29) is 26.3 Å². The Hall–Kier alpha value is -1.37. The molecule has 0 spiro atoms. The maximum absolute atomic E-state index is 14.4. The van der Waals surface area contributed by atoms with Gasteiger partial charge in [-0.25, -0.2) is 13.2 Å². The summed E-state index contributed by atoms with van der Waals surface area (Å²) < 4.78 is 78.5. The molecule has 1 saturated carbocycles. The summed E-state index contributed by atoms with van der Waals surface area (Å²) in [7, 11) is 0. The van der Waals surface area contributed by atoms with Crippen LogP contribution in [-0.2, 0) is 4.74 Å². The van der Waals surface area contributed by atoms with E-state index < -0.39 is 35.2 Å². The summed E-state index contributed by atoms with van der Waals surface area (Å²) in [6, 6.07) is 0.879. The van der Waals surface area contributed by atoms with Crippen molar-refractivity contribution in [1.29, 1.82) is 0 Å². The third kappa shape index (κ3) is 4.30. The van der Waals surface area contributed by atoms with Gasteiger partial charge in [-0.2, -0.15) is 8.78 Å². The van der Waals surface area contributed by atoms with Gasteiger partial charge in [0.25, 0.3) is 0 Å². The lowest BCUT2D eigenvalue weighted by molar-refractivity contribution is -0.225. The van der Waals surface area contributed by atoms with Crippen molar-refractivity contribution in [3.8, 4) is 5.75 Å². The first-order valence-electron chi connectivity index (χ1n) is 9.09. The number of benzene rings is 1. The van der Waals surface area contributed by atoms with Gasteiger partial charge >= 0.3 is 6.11 Å². The molecule has 1 aromatic rings. The summed E-state index contributed by atoms with van der Waals surface area (Å²) in [5.41, 5.74) is 0. The zero-order valence-corrected chi connectivity index (χ0v) is 14.6. The standard InChI is InChI=1S/C19H23F5O2.H2/c1-11-2-7-17(25-10-11)12-3-5-13(6-4-12)19(23,24)26-14-8-15(20)18(22)16(21)9-14;/h8-9,11-13,17H,2-7,10H2,1H3;1H. The fourth-order valence-electron chi connectivity index (χ4n) is 3.93. The first kappa shape index (κ1) is 19.4. The Bertz CT molecular complexity index is 604. The average Bonchev–Trinajstić information content (AvgIpc) is 2.60. The van der Waals surface area contributed by atoms with Crippen LogP contribution < -0.4 is 4.74 Å². The van der Waals surface area contributed by atoms with Crippen molar-refractivity contribution in [2.45, 2.75) is 57.7 Å². The molecule has 2 atom stereocenters. The van der Waals surface area contributed by atoms with E-state index in [0.29, 0.717) is 37.5 Å². The summed E-state index contributed by atoms with van der Waals surface area (Å²) in [5.74, 6) is -5.77. The monoisotopic (exact) mass is 380 g/mol. The Labute approximate surface area is 151 Å². The van der Waals surface area contributed by atoms with Crippen LogP contribution in [0, 0.1) is 35.2 Å². The van der Waals surface area contributed by atoms with Crippen LogP contribution in [0.5, 0.6) is 5.75 Å². The molecule has 1 aromatic carbocycles. The molecule has 7 heteroatoms. The maximum atomic E-state index is 14.4. The highest BCUT2D eigenvalue weighted by molar-refractivity contribution is 5.25. The molecule has 26 heavy (non-hydrogen) atoms. The molecule has 1 saturated heterocycles. The number of halogens is 5. The molecule has 2 unspecified atom stereocenters. The van der Waals surface area contributed by atoms with Crippen LogP contribution in [0.2, 0.25) is 0 Å². The summed E-state index contributed by atoms with van der Waals surface area (Å²) in [6.45, 7) is 2.84. The molecule has 148 valence electrons. The molecular formula is C19H25F5O2. The van der Waals surface area contributed by atoms with Gasteiger partial charge in [-0.3, -0.25) is 0 Å². The van der Waals surface area contributed by atoms with E-state index in [0.717, 1.165) is 12.8 Å². The SMILES string of the molecule is CC1CCC(C2CCC(C(F)(F)Oc3cc(F)c(F)c(F)c3)CC2)OC1.[HH]. The van der Waals surface area contributed by atoms with E-state index in [1.165, 1.54) is 0 Å². The minimum Gasteiger partial charge on any atom is -0.432 e. The molecule has 1 heterocycles. The minimum absolute atomic E-state index is 0. The van der Waals surface area contributed by atoms with Gasteiger partial charge in [0.15, 0.2) is 17.5 Å². The predicted octanol–water partition coefficient (Wildman–Crippen LogP) is 5.94. The summed E-state index contributed by atoms with van der Waals surface area (Å²) in [6.07, 6.45) is 0.316. The van der Waals surface area contributed by atoms with Crippen molar-refractivity contribution in [2.24, 2.45) is 17.8 Å². The molecule has 2 fully saturated rings. The highest BCUT2D eigenvalue weighted by atomic mass is 19.3.